The summed E-state index contributed by atoms with van der Waals surface area (Å²) in [6, 6.07) is 20.3. The monoisotopic (exact) mass is 268 g/mol. The Morgan fingerprint density at radius 2 is 1.55 bits per heavy atom. The molecule has 2 aromatic rings. The number of ether oxygens (including phenoxy) is 1. The average Bonchev–Trinajstić information content (AvgIpc) is 2.56. The molecule has 0 bridgehead atoms. The summed E-state index contributed by atoms with van der Waals surface area (Å²) in [6.07, 6.45) is 1.36. The van der Waals surface area contributed by atoms with Gasteiger partial charge in [0.05, 0.1) is 12.7 Å². The third-order valence-corrected chi connectivity index (χ3v) is 4.08. The van der Waals surface area contributed by atoms with Crippen molar-refractivity contribution in [3.63, 3.8) is 0 Å². The summed E-state index contributed by atoms with van der Waals surface area (Å²) in [5.74, 6) is 0.454. The van der Waals surface area contributed by atoms with Crippen molar-refractivity contribution in [3.05, 3.63) is 71.8 Å². The molecule has 3 rings (SSSR count). The molecule has 104 valence electrons. The summed E-state index contributed by atoms with van der Waals surface area (Å²) in [5.41, 5.74) is 2.27. The Balaban J connectivity index is 1.61. The summed E-state index contributed by atoms with van der Waals surface area (Å²) in [7, 11) is 0. The van der Waals surface area contributed by atoms with Crippen molar-refractivity contribution in [1.82, 2.24) is 0 Å². The van der Waals surface area contributed by atoms with Gasteiger partial charge in [-0.3, -0.25) is 0 Å². The van der Waals surface area contributed by atoms with Gasteiger partial charge in [0.15, 0.2) is 0 Å². The first-order chi connectivity index (χ1) is 9.84. The number of aliphatic hydroxyl groups excluding tert-OH is 1. The first kappa shape index (κ1) is 13.3. The van der Waals surface area contributed by atoms with Crippen molar-refractivity contribution in [3.8, 4) is 0 Å². The number of aliphatic hydroxyl groups is 1. The third kappa shape index (κ3) is 2.92. The highest BCUT2D eigenvalue weighted by molar-refractivity contribution is 5.21. The first-order valence-corrected chi connectivity index (χ1v) is 7.24. The van der Waals surface area contributed by atoms with E-state index in [2.05, 4.69) is 24.3 Å². The topological polar surface area (TPSA) is 29.5 Å². The van der Waals surface area contributed by atoms with E-state index in [0.717, 1.165) is 18.4 Å². The molecular formula is C18H20O2. The van der Waals surface area contributed by atoms with Crippen LogP contribution in [0.2, 0.25) is 0 Å². The second kappa shape index (κ2) is 6.21. The predicted octanol–water partition coefficient (Wildman–Crippen LogP) is 3.68. The van der Waals surface area contributed by atoms with Crippen LogP contribution in [0.5, 0.6) is 0 Å². The Morgan fingerprint density at radius 3 is 2.15 bits per heavy atom. The van der Waals surface area contributed by atoms with E-state index in [0.29, 0.717) is 12.5 Å². The van der Waals surface area contributed by atoms with E-state index in [1.165, 1.54) is 5.56 Å². The molecule has 0 radical (unpaired) electrons. The zero-order valence-electron chi connectivity index (χ0n) is 11.5. The summed E-state index contributed by atoms with van der Waals surface area (Å²) in [4.78, 5) is 0. The Labute approximate surface area is 120 Å². The Bertz CT molecular complexity index is 516. The quantitative estimate of drug-likeness (QED) is 0.920. The van der Waals surface area contributed by atoms with Crippen LogP contribution in [0, 0.1) is 0 Å². The summed E-state index contributed by atoms with van der Waals surface area (Å²) in [6.45, 7) is 0.693. The fourth-order valence-electron chi connectivity index (χ4n) is 2.87. The van der Waals surface area contributed by atoms with Crippen LogP contribution in [-0.2, 0) is 4.74 Å². The van der Waals surface area contributed by atoms with Gasteiger partial charge in [-0.05, 0) is 24.0 Å². The van der Waals surface area contributed by atoms with Gasteiger partial charge in [-0.1, -0.05) is 60.7 Å². The highest BCUT2D eigenvalue weighted by Crippen LogP contribution is 2.33. The lowest BCUT2D eigenvalue weighted by molar-refractivity contribution is -0.0706. The molecule has 2 nitrogen and oxygen atoms in total. The van der Waals surface area contributed by atoms with Gasteiger partial charge >= 0.3 is 0 Å². The minimum atomic E-state index is -0.520. The Morgan fingerprint density at radius 1 is 0.900 bits per heavy atom. The van der Waals surface area contributed by atoms with Crippen molar-refractivity contribution in [2.45, 2.75) is 31.0 Å². The van der Waals surface area contributed by atoms with Crippen LogP contribution in [0.1, 0.15) is 36.0 Å². The van der Waals surface area contributed by atoms with Gasteiger partial charge in [0.2, 0.25) is 0 Å². The van der Waals surface area contributed by atoms with Gasteiger partial charge in [0.25, 0.3) is 0 Å². The second-order valence-electron chi connectivity index (χ2n) is 5.41. The lowest BCUT2D eigenvalue weighted by atomic mass is 9.89. The van der Waals surface area contributed by atoms with Gasteiger partial charge in [-0.15, -0.1) is 0 Å². The van der Waals surface area contributed by atoms with Crippen LogP contribution in [-0.4, -0.2) is 17.8 Å². The standard InChI is InChI=1S/C18H20O2/c19-18(15-9-5-2-6-10-15)17-12-11-16(13-20-17)14-7-3-1-4-8-14/h1-10,16-19H,11-13H2/t16-,17+,18?/m0/s1. The van der Waals surface area contributed by atoms with Gasteiger partial charge in [-0.2, -0.15) is 0 Å². The molecule has 0 saturated carbocycles. The maximum Gasteiger partial charge on any atom is 0.105 e. The van der Waals surface area contributed by atoms with Crippen LogP contribution in [0.25, 0.3) is 0 Å². The zero-order valence-corrected chi connectivity index (χ0v) is 11.5. The van der Waals surface area contributed by atoms with Crippen LogP contribution in [0.4, 0.5) is 0 Å². The Hall–Kier alpha value is -1.64. The van der Waals surface area contributed by atoms with Crippen LogP contribution < -0.4 is 0 Å². The van der Waals surface area contributed by atoms with Crippen molar-refractivity contribution in [2.24, 2.45) is 0 Å². The zero-order chi connectivity index (χ0) is 13.8. The molecule has 1 saturated heterocycles. The summed E-state index contributed by atoms with van der Waals surface area (Å²) < 4.78 is 5.91. The van der Waals surface area contributed by atoms with Crippen LogP contribution in [0.15, 0.2) is 60.7 Å². The van der Waals surface area contributed by atoms with Crippen molar-refractivity contribution in [2.75, 3.05) is 6.61 Å². The highest BCUT2D eigenvalue weighted by Gasteiger charge is 2.28. The molecule has 0 spiro atoms. The number of hydrogen-bond acceptors (Lipinski definition) is 2. The maximum atomic E-state index is 10.4. The average molecular weight is 268 g/mol. The maximum absolute atomic E-state index is 10.4. The van der Waals surface area contributed by atoms with Crippen molar-refractivity contribution >= 4 is 0 Å². The normalized spacial score (nSPS) is 24.2. The van der Waals surface area contributed by atoms with E-state index in [1.54, 1.807) is 0 Å². The predicted molar refractivity (Wildman–Crippen MR) is 79.6 cm³/mol. The molecule has 1 heterocycles. The molecule has 1 aliphatic rings. The molecule has 2 aromatic carbocycles. The summed E-state index contributed by atoms with van der Waals surface area (Å²) >= 11 is 0. The molecular weight excluding hydrogens is 248 g/mol. The summed E-state index contributed by atoms with van der Waals surface area (Å²) in [5, 5.41) is 10.4. The number of rotatable bonds is 3. The fraction of sp³-hybridized carbons (Fsp3) is 0.333. The number of benzene rings is 2. The molecule has 3 atom stereocenters. The van der Waals surface area contributed by atoms with E-state index in [-0.39, 0.29) is 6.10 Å². The molecule has 1 N–H and O–H groups in total. The van der Waals surface area contributed by atoms with Crippen molar-refractivity contribution in [1.29, 1.82) is 0 Å². The third-order valence-electron chi connectivity index (χ3n) is 4.08. The largest absolute Gasteiger partial charge is 0.386 e. The van der Waals surface area contributed by atoms with Crippen molar-refractivity contribution < 1.29 is 9.84 Å². The molecule has 20 heavy (non-hydrogen) atoms. The van der Waals surface area contributed by atoms with E-state index in [4.69, 9.17) is 4.74 Å². The molecule has 1 fully saturated rings. The van der Waals surface area contributed by atoms with Gasteiger partial charge < -0.3 is 9.84 Å². The van der Waals surface area contributed by atoms with E-state index in [9.17, 15) is 5.11 Å². The second-order valence-corrected chi connectivity index (χ2v) is 5.41. The first-order valence-electron chi connectivity index (χ1n) is 7.24. The van der Waals surface area contributed by atoms with E-state index < -0.39 is 6.10 Å². The highest BCUT2D eigenvalue weighted by atomic mass is 16.5. The van der Waals surface area contributed by atoms with Gasteiger partial charge in [-0.25, -0.2) is 0 Å². The van der Waals surface area contributed by atoms with Crippen LogP contribution >= 0.6 is 0 Å². The van der Waals surface area contributed by atoms with Gasteiger partial charge in [0, 0.05) is 5.92 Å². The molecule has 1 aliphatic heterocycles. The molecule has 0 amide bonds. The minimum absolute atomic E-state index is 0.0858. The molecule has 1 unspecified atom stereocenters. The lowest BCUT2D eigenvalue weighted by Gasteiger charge is -2.32. The smallest absolute Gasteiger partial charge is 0.105 e. The van der Waals surface area contributed by atoms with E-state index in [1.807, 2.05) is 36.4 Å². The molecule has 0 aromatic heterocycles. The van der Waals surface area contributed by atoms with E-state index >= 15 is 0 Å². The number of hydrogen-bond donors (Lipinski definition) is 1. The molecule has 2 heteroatoms. The lowest BCUT2D eigenvalue weighted by Crippen LogP contribution is -2.30. The SMILES string of the molecule is OC(c1ccccc1)[C@H]1CC[C@H](c2ccccc2)CO1. The minimum Gasteiger partial charge on any atom is -0.386 e. The van der Waals surface area contributed by atoms with Crippen LogP contribution in [0.3, 0.4) is 0 Å². The molecule has 0 aliphatic carbocycles. The Kier molecular flexibility index (Phi) is 4.14. The van der Waals surface area contributed by atoms with Gasteiger partial charge in [0.1, 0.15) is 6.10 Å². The fourth-order valence-corrected chi connectivity index (χ4v) is 2.87.